The minimum atomic E-state index is -3.91. The van der Waals surface area contributed by atoms with Gasteiger partial charge in [-0.05, 0) is 42.0 Å². The van der Waals surface area contributed by atoms with Gasteiger partial charge in [0, 0.05) is 25.0 Å². The van der Waals surface area contributed by atoms with Gasteiger partial charge in [-0.3, -0.25) is 23.9 Å². The van der Waals surface area contributed by atoms with E-state index in [0.717, 1.165) is 6.26 Å². The summed E-state index contributed by atoms with van der Waals surface area (Å²) in [5, 5.41) is 18.0. The Labute approximate surface area is 252 Å². The summed E-state index contributed by atoms with van der Waals surface area (Å²) in [7, 11) is -5.67. The Bertz CT molecular complexity index is 1770. The molecule has 1 aliphatic carbocycles. The second-order valence-corrected chi connectivity index (χ2v) is 15.4. The lowest BCUT2D eigenvalue weighted by Gasteiger charge is -2.42. The van der Waals surface area contributed by atoms with Gasteiger partial charge in [-0.1, -0.05) is 55.8 Å². The third-order valence-corrected chi connectivity index (χ3v) is 9.47. The highest BCUT2D eigenvalue weighted by molar-refractivity contribution is 8.23. The van der Waals surface area contributed by atoms with Crippen molar-refractivity contribution >= 4 is 49.6 Å². The maximum absolute atomic E-state index is 14.8. The summed E-state index contributed by atoms with van der Waals surface area (Å²) in [6.45, 7) is 6.49. The van der Waals surface area contributed by atoms with Crippen molar-refractivity contribution in [2.75, 3.05) is 16.3 Å². The number of nitrogens with zero attached hydrogens (tertiary/aromatic N) is 3. The third-order valence-electron chi connectivity index (χ3n) is 7.50. The molecule has 6 N–H and O–H groups in total. The molecule has 2 aliphatic rings. The zero-order chi connectivity index (χ0) is 31.4. The van der Waals surface area contributed by atoms with Crippen LogP contribution >= 0.6 is 10.8 Å². The molecule has 1 atom stereocenters. The molecule has 1 aromatic heterocycles. The highest BCUT2D eigenvalue weighted by Crippen LogP contribution is 2.57. The normalized spacial score (nSPS) is 20.5. The first kappa shape index (κ1) is 30.8. The van der Waals surface area contributed by atoms with Gasteiger partial charge in [0.2, 0.25) is 10.0 Å². The number of Topliss-reactive ketones (excluding diaryl/α,β-unsaturated/α-hetero) is 1. The molecule has 0 saturated heterocycles. The molecule has 12 nitrogen and oxygen atoms in total. The number of benzene rings is 2. The van der Waals surface area contributed by atoms with Crippen LogP contribution in [0.15, 0.2) is 69.7 Å². The van der Waals surface area contributed by atoms with E-state index >= 15 is 0 Å². The van der Waals surface area contributed by atoms with E-state index in [1.54, 1.807) is 18.3 Å². The summed E-state index contributed by atoms with van der Waals surface area (Å²) >= 11 is 0. The zero-order valence-electron chi connectivity index (χ0n) is 24.5. The highest BCUT2D eigenvalue weighted by atomic mass is 32.3. The third kappa shape index (κ3) is 6.06. The van der Waals surface area contributed by atoms with Gasteiger partial charge in [0.05, 0.1) is 24.2 Å². The van der Waals surface area contributed by atoms with Gasteiger partial charge in [-0.25, -0.2) is 13.4 Å². The van der Waals surface area contributed by atoms with Crippen LogP contribution in [0.5, 0.6) is 0 Å². The number of ketones is 1. The van der Waals surface area contributed by atoms with Crippen molar-refractivity contribution in [2.24, 2.45) is 16.9 Å². The van der Waals surface area contributed by atoms with Crippen LogP contribution in [0, 0.1) is 5.41 Å². The number of sulfonamides is 1. The zero-order valence-corrected chi connectivity index (χ0v) is 26.2. The van der Waals surface area contributed by atoms with Gasteiger partial charge in [-0.2, -0.15) is 0 Å². The van der Waals surface area contributed by atoms with E-state index in [2.05, 4.69) is 45.5 Å². The second-order valence-electron chi connectivity index (χ2n) is 12.0. The number of carbonyl (C=O) groups is 1. The minimum absolute atomic E-state index is 0.0550. The molecule has 3 aromatic rings. The van der Waals surface area contributed by atoms with E-state index in [-0.39, 0.29) is 45.4 Å². The number of aromatic nitrogens is 2. The number of hydrogen-bond donors (Lipinski definition) is 6. The Morgan fingerprint density at radius 1 is 1.14 bits per heavy atom. The molecule has 1 unspecified atom stereocenters. The molecule has 43 heavy (non-hydrogen) atoms. The quantitative estimate of drug-likeness (QED) is 0.200. The van der Waals surface area contributed by atoms with Gasteiger partial charge >= 0.3 is 0 Å². The number of amidine groups is 1. The SMILES string of the molecule is Cn1ccnc1CNC1(CCC(C)(C)C)C(=O)C(C2=NS(O)(O)c3cc(NS(C)(=O)=O)ccc3N2)=C(O)c2ccccc21. The first-order valence-corrected chi connectivity index (χ1v) is 17.0. The first-order valence-electron chi connectivity index (χ1n) is 13.6. The standard InChI is InChI=1S/C29H36N6O6S2/c1-28(2,3)12-13-29(31-17-23-30-14-15-35(23)4)20-9-7-6-8-19(20)25(36)24(26(29)37)27-32-21-11-10-18(33-42(5,38)39)16-22(21)43(40,41)34-27/h6-11,14-16,31,33,36,40-41H,12-13,17H2,1-5H3,(H,32,34). The Balaban J connectivity index is 1.64. The lowest BCUT2D eigenvalue weighted by Crippen LogP contribution is -2.54. The van der Waals surface area contributed by atoms with Gasteiger partial charge in [-0.15, -0.1) is 4.40 Å². The number of anilines is 2. The molecule has 0 saturated carbocycles. The molecular formula is C29H36N6O6S2. The predicted octanol–water partition coefficient (Wildman–Crippen LogP) is 5.00. The maximum atomic E-state index is 14.8. The summed E-state index contributed by atoms with van der Waals surface area (Å²) in [6.07, 6.45) is 5.48. The van der Waals surface area contributed by atoms with Crippen molar-refractivity contribution < 1.29 is 27.4 Å². The first-order chi connectivity index (χ1) is 20.0. The topological polar surface area (TPSA) is 178 Å². The number of carbonyl (C=O) groups excluding carboxylic acids is 1. The molecule has 0 radical (unpaired) electrons. The molecule has 0 bridgehead atoms. The average molecular weight is 629 g/mol. The summed E-state index contributed by atoms with van der Waals surface area (Å²) in [5.41, 5.74) is -0.304. The van der Waals surface area contributed by atoms with Crippen LogP contribution < -0.4 is 15.4 Å². The van der Waals surface area contributed by atoms with Crippen molar-refractivity contribution in [3.05, 3.63) is 77.4 Å². The molecule has 0 amide bonds. The smallest absolute Gasteiger partial charge is 0.229 e. The fourth-order valence-electron chi connectivity index (χ4n) is 5.30. The van der Waals surface area contributed by atoms with Crippen LogP contribution in [0.25, 0.3) is 5.76 Å². The van der Waals surface area contributed by atoms with Gasteiger partial charge in [0.25, 0.3) is 0 Å². The Hall–Kier alpha value is -3.69. The molecule has 1 aliphatic heterocycles. The fraction of sp³-hybridized carbons (Fsp3) is 0.345. The van der Waals surface area contributed by atoms with E-state index in [9.17, 15) is 27.4 Å². The number of hydrogen-bond acceptors (Lipinski definition) is 10. The monoisotopic (exact) mass is 628 g/mol. The van der Waals surface area contributed by atoms with Crippen LogP contribution in [0.2, 0.25) is 0 Å². The summed E-state index contributed by atoms with van der Waals surface area (Å²) in [6, 6.07) is 11.3. The molecule has 2 aromatic carbocycles. The van der Waals surface area contributed by atoms with Crippen LogP contribution in [0.3, 0.4) is 0 Å². The number of nitrogens with one attached hydrogen (secondary N) is 3. The summed E-state index contributed by atoms with van der Waals surface area (Å²) in [4.78, 5) is 19.1. The van der Waals surface area contributed by atoms with E-state index in [0.29, 0.717) is 29.8 Å². The maximum Gasteiger partial charge on any atom is 0.229 e. The summed E-state index contributed by atoms with van der Waals surface area (Å²) in [5.74, 6) is -0.323. The minimum Gasteiger partial charge on any atom is -0.506 e. The summed E-state index contributed by atoms with van der Waals surface area (Å²) < 4.78 is 54.0. The van der Waals surface area contributed by atoms with Crippen molar-refractivity contribution in [1.82, 2.24) is 14.9 Å². The van der Waals surface area contributed by atoms with Crippen LogP contribution in [0.1, 0.15) is 50.6 Å². The van der Waals surface area contributed by atoms with Gasteiger partial charge in [0.15, 0.2) is 11.6 Å². The van der Waals surface area contributed by atoms with Crippen molar-refractivity contribution in [3.8, 4) is 0 Å². The Morgan fingerprint density at radius 2 is 1.86 bits per heavy atom. The number of aryl methyl sites for hydroxylation is 1. The second kappa shape index (κ2) is 10.8. The van der Waals surface area contributed by atoms with E-state index in [4.69, 9.17) is 0 Å². The molecule has 14 heteroatoms. The van der Waals surface area contributed by atoms with E-state index < -0.39 is 32.1 Å². The number of imidazole rings is 1. The van der Waals surface area contributed by atoms with Crippen LogP contribution in [-0.2, 0) is 33.9 Å². The van der Waals surface area contributed by atoms with Crippen molar-refractivity contribution in [1.29, 1.82) is 0 Å². The van der Waals surface area contributed by atoms with E-state index in [1.165, 1.54) is 18.2 Å². The molecule has 0 fully saturated rings. The Kier molecular flexibility index (Phi) is 7.72. The number of aliphatic hydroxyl groups is 1. The number of rotatable bonds is 8. The largest absolute Gasteiger partial charge is 0.506 e. The Morgan fingerprint density at radius 3 is 2.51 bits per heavy atom. The number of fused-ring (bicyclic) bond motifs is 2. The van der Waals surface area contributed by atoms with Gasteiger partial charge in [0.1, 0.15) is 27.6 Å². The van der Waals surface area contributed by atoms with Crippen LogP contribution in [0.4, 0.5) is 11.4 Å². The van der Waals surface area contributed by atoms with Crippen molar-refractivity contribution in [3.63, 3.8) is 0 Å². The van der Waals surface area contributed by atoms with Crippen molar-refractivity contribution in [2.45, 2.75) is 50.6 Å². The fourth-order valence-corrected chi connectivity index (χ4v) is 7.04. The molecule has 230 valence electrons. The van der Waals surface area contributed by atoms with Gasteiger partial charge < -0.3 is 15.0 Å². The lowest BCUT2D eigenvalue weighted by molar-refractivity contribution is -0.122. The predicted molar refractivity (Wildman–Crippen MR) is 168 cm³/mol. The van der Waals surface area contributed by atoms with E-state index in [1.807, 2.05) is 29.9 Å². The lowest BCUT2D eigenvalue weighted by atomic mass is 9.69. The molecule has 2 heterocycles. The average Bonchev–Trinajstić information content (AvgIpc) is 3.32. The highest BCUT2D eigenvalue weighted by Gasteiger charge is 2.50. The number of aliphatic hydroxyl groups excluding tert-OH is 1. The molecule has 0 spiro atoms. The van der Waals surface area contributed by atoms with Crippen LogP contribution in [-0.4, -0.2) is 50.1 Å². The molecular weight excluding hydrogens is 592 g/mol. The molecule has 5 rings (SSSR count).